The van der Waals surface area contributed by atoms with Crippen molar-refractivity contribution in [3.63, 3.8) is 0 Å². The van der Waals surface area contributed by atoms with E-state index in [0.29, 0.717) is 30.3 Å². The van der Waals surface area contributed by atoms with Crippen LogP contribution in [0.2, 0.25) is 0 Å². The minimum atomic E-state index is -3.43. The first-order valence-corrected chi connectivity index (χ1v) is 9.31. The third kappa shape index (κ3) is 4.19. The predicted octanol–water partition coefficient (Wildman–Crippen LogP) is 2.25. The first-order valence-electron chi connectivity index (χ1n) is 7.34. The van der Waals surface area contributed by atoms with Crippen LogP contribution in [0.4, 0.5) is 0 Å². The van der Waals surface area contributed by atoms with Gasteiger partial charge < -0.3 is 5.11 Å². The summed E-state index contributed by atoms with van der Waals surface area (Å²) in [7, 11) is -3.43. The van der Waals surface area contributed by atoms with E-state index < -0.39 is 10.0 Å². The van der Waals surface area contributed by atoms with E-state index >= 15 is 0 Å². The van der Waals surface area contributed by atoms with Crippen molar-refractivity contribution in [2.24, 2.45) is 5.92 Å². The van der Waals surface area contributed by atoms with Gasteiger partial charge in [-0.2, -0.15) is 4.31 Å². The number of piperidine rings is 1. The van der Waals surface area contributed by atoms with Crippen molar-refractivity contribution in [3.05, 3.63) is 29.8 Å². The Morgan fingerprint density at radius 1 is 1.29 bits per heavy atom. The molecule has 1 N–H and O–H groups in total. The first kappa shape index (κ1) is 16.7. The summed E-state index contributed by atoms with van der Waals surface area (Å²) in [5, 5.41) is 9.03. The highest BCUT2D eigenvalue weighted by molar-refractivity contribution is 7.89. The molecule has 1 atom stereocenters. The second-order valence-electron chi connectivity index (χ2n) is 5.47. The van der Waals surface area contributed by atoms with E-state index in [1.165, 1.54) is 0 Å². The highest BCUT2D eigenvalue weighted by atomic mass is 35.5. The molecular formula is C15H22ClNO3S. The Balaban J connectivity index is 2.13. The van der Waals surface area contributed by atoms with Crippen LogP contribution in [0.15, 0.2) is 29.2 Å². The number of aryl methyl sites for hydroxylation is 1. The fourth-order valence-corrected chi connectivity index (χ4v) is 4.52. The van der Waals surface area contributed by atoms with Crippen LogP contribution in [0.25, 0.3) is 0 Å². The van der Waals surface area contributed by atoms with Crippen LogP contribution in [-0.2, 0) is 16.4 Å². The quantitative estimate of drug-likeness (QED) is 0.813. The molecule has 0 radical (unpaired) electrons. The van der Waals surface area contributed by atoms with Gasteiger partial charge in [0.25, 0.3) is 0 Å². The molecule has 0 aromatic heterocycles. The van der Waals surface area contributed by atoms with Crippen molar-refractivity contribution in [3.8, 4) is 0 Å². The molecule has 2 rings (SSSR count). The Morgan fingerprint density at radius 3 is 2.62 bits per heavy atom. The predicted molar refractivity (Wildman–Crippen MR) is 84.1 cm³/mol. The topological polar surface area (TPSA) is 57.6 Å². The van der Waals surface area contributed by atoms with Crippen molar-refractivity contribution < 1.29 is 13.5 Å². The minimum absolute atomic E-state index is 0.117. The van der Waals surface area contributed by atoms with Gasteiger partial charge in [-0.05, 0) is 49.3 Å². The van der Waals surface area contributed by atoms with Gasteiger partial charge in [0.2, 0.25) is 10.0 Å². The maximum atomic E-state index is 12.6. The smallest absolute Gasteiger partial charge is 0.243 e. The summed E-state index contributed by atoms with van der Waals surface area (Å²) in [5.41, 5.74) is 1.04. The lowest BCUT2D eigenvalue weighted by molar-refractivity contribution is 0.203. The van der Waals surface area contributed by atoms with Crippen molar-refractivity contribution in [2.45, 2.75) is 30.6 Å². The second kappa shape index (κ2) is 7.58. The zero-order valence-electron chi connectivity index (χ0n) is 12.0. The first-order chi connectivity index (χ1) is 10.1. The molecule has 21 heavy (non-hydrogen) atoms. The number of halogens is 1. The number of hydrogen-bond donors (Lipinski definition) is 1. The molecule has 1 unspecified atom stereocenters. The van der Waals surface area contributed by atoms with E-state index in [-0.39, 0.29) is 12.5 Å². The molecule has 1 aromatic rings. The molecule has 0 spiro atoms. The molecule has 0 amide bonds. The summed E-state index contributed by atoms with van der Waals surface area (Å²) >= 11 is 5.69. The lowest BCUT2D eigenvalue weighted by atomic mass is 9.97. The molecule has 0 aliphatic carbocycles. The number of benzene rings is 1. The summed E-state index contributed by atoms with van der Waals surface area (Å²) in [5.74, 6) is 0.787. The Bertz CT molecular complexity index is 543. The number of aliphatic hydroxyl groups excluding tert-OH is 1. The van der Waals surface area contributed by atoms with Crippen LogP contribution in [-0.4, -0.2) is 43.4 Å². The molecular weight excluding hydrogens is 310 g/mol. The minimum Gasteiger partial charge on any atom is -0.396 e. The number of nitrogens with zero attached hydrogens (tertiary/aromatic N) is 1. The average molecular weight is 332 g/mol. The van der Waals surface area contributed by atoms with Gasteiger partial charge in [-0.25, -0.2) is 8.42 Å². The highest BCUT2D eigenvalue weighted by Gasteiger charge is 2.29. The Morgan fingerprint density at radius 2 is 2.00 bits per heavy atom. The number of aliphatic hydroxyl groups is 1. The van der Waals surface area contributed by atoms with Crippen LogP contribution in [0.3, 0.4) is 0 Å². The molecule has 1 aliphatic heterocycles. The molecule has 118 valence electrons. The van der Waals surface area contributed by atoms with Gasteiger partial charge in [0.1, 0.15) is 0 Å². The molecule has 1 fully saturated rings. The summed E-state index contributed by atoms with van der Waals surface area (Å²) in [6.45, 7) is 1.19. The van der Waals surface area contributed by atoms with E-state index in [1.54, 1.807) is 16.4 Å². The fourth-order valence-electron chi connectivity index (χ4n) is 2.75. The van der Waals surface area contributed by atoms with Gasteiger partial charge in [0.15, 0.2) is 0 Å². The summed E-state index contributed by atoms with van der Waals surface area (Å²) in [6, 6.07) is 6.97. The molecule has 1 aliphatic rings. The van der Waals surface area contributed by atoms with Gasteiger partial charge >= 0.3 is 0 Å². The SMILES string of the molecule is O=S(=O)(c1ccc(CCCl)cc1)N1CCCC(CCO)C1. The van der Waals surface area contributed by atoms with Gasteiger partial charge in [-0.3, -0.25) is 0 Å². The standard InChI is InChI=1S/C15H22ClNO3S/c16-9-7-13-3-5-15(6-4-13)21(19,20)17-10-1-2-14(12-17)8-11-18/h3-6,14,18H,1-2,7-12H2. The summed E-state index contributed by atoms with van der Waals surface area (Å²) < 4.78 is 26.8. The van der Waals surface area contributed by atoms with Crippen LogP contribution in [0, 0.1) is 5.92 Å². The lowest BCUT2D eigenvalue weighted by Crippen LogP contribution is -2.40. The van der Waals surface area contributed by atoms with Gasteiger partial charge in [0.05, 0.1) is 4.90 Å². The molecule has 1 heterocycles. The third-order valence-electron chi connectivity index (χ3n) is 3.96. The second-order valence-corrected chi connectivity index (χ2v) is 7.78. The van der Waals surface area contributed by atoms with Crippen LogP contribution in [0.1, 0.15) is 24.8 Å². The molecule has 1 aromatic carbocycles. The Hall–Kier alpha value is -0.620. The van der Waals surface area contributed by atoms with Gasteiger partial charge in [-0.15, -0.1) is 11.6 Å². The lowest BCUT2D eigenvalue weighted by Gasteiger charge is -2.31. The zero-order chi connectivity index (χ0) is 15.3. The highest BCUT2D eigenvalue weighted by Crippen LogP contribution is 2.25. The van der Waals surface area contributed by atoms with E-state index in [1.807, 2.05) is 12.1 Å². The molecule has 0 saturated carbocycles. The molecule has 1 saturated heterocycles. The van der Waals surface area contributed by atoms with E-state index in [9.17, 15) is 8.42 Å². The maximum Gasteiger partial charge on any atom is 0.243 e. The largest absolute Gasteiger partial charge is 0.396 e. The molecule has 4 nitrogen and oxygen atoms in total. The van der Waals surface area contributed by atoms with Crippen molar-refractivity contribution in [1.29, 1.82) is 0 Å². The van der Waals surface area contributed by atoms with Crippen LogP contribution < -0.4 is 0 Å². The summed E-state index contributed by atoms with van der Waals surface area (Å²) in [6.07, 6.45) is 3.25. The zero-order valence-corrected chi connectivity index (χ0v) is 13.6. The van der Waals surface area contributed by atoms with Crippen molar-refractivity contribution >= 4 is 21.6 Å². The molecule has 6 heteroatoms. The molecule has 0 bridgehead atoms. The van der Waals surface area contributed by atoms with Crippen molar-refractivity contribution in [1.82, 2.24) is 4.31 Å². The normalized spacial score (nSPS) is 20.6. The Labute approximate surface area is 131 Å². The monoisotopic (exact) mass is 331 g/mol. The number of alkyl halides is 1. The third-order valence-corrected chi connectivity index (χ3v) is 6.03. The number of sulfonamides is 1. The van der Waals surface area contributed by atoms with E-state index in [0.717, 1.165) is 24.8 Å². The van der Waals surface area contributed by atoms with Crippen LogP contribution in [0.5, 0.6) is 0 Å². The van der Waals surface area contributed by atoms with Gasteiger partial charge in [-0.1, -0.05) is 12.1 Å². The maximum absolute atomic E-state index is 12.6. The summed E-state index contributed by atoms with van der Waals surface area (Å²) in [4.78, 5) is 0.338. The van der Waals surface area contributed by atoms with E-state index in [4.69, 9.17) is 16.7 Å². The number of hydrogen-bond acceptors (Lipinski definition) is 3. The number of rotatable bonds is 6. The van der Waals surface area contributed by atoms with Crippen molar-refractivity contribution in [2.75, 3.05) is 25.6 Å². The van der Waals surface area contributed by atoms with E-state index in [2.05, 4.69) is 0 Å². The fraction of sp³-hybridized carbons (Fsp3) is 0.600. The van der Waals surface area contributed by atoms with Crippen LogP contribution >= 0.6 is 11.6 Å². The Kier molecular flexibility index (Phi) is 6.05. The van der Waals surface area contributed by atoms with Gasteiger partial charge in [0, 0.05) is 25.6 Å². The average Bonchev–Trinajstić information content (AvgIpc) is 2.49.